The number of morpholine rings is 1. The third-order valence-electron chi connectivity index (χ3n) is 7.88. The van der Waals surface area contributed by atoms with E-state index in [0.29, 0.717) is 42.4 Å². The van der Waals surface area contributed by atoms with Gasteiger partial charge in [-0.3, -0.25) is 0 Å². The predicted octanol–water partition coefficient (Wildman–Crippen LogP) is 6.99. The molecule has 238 valence electrons. The van der Waals surface area contributed by atoms with Gasteiger partial charge in [-0.05, 0) is 49.7 Å². The second kappa shape index (κ2) is 14.2. The van der Waals surface area contributed by atoms with Crippen LogP contribution < -0.4 is 25.6 Å². The molecule has 2 heterocycles. The van der Waals surface area contributed by atoms with Gasteiger partial charge in [0.1, 0.15) is 5.82 Å². The Morgan fingerprint density at radius 3 is 2.48 bits per heavy atom. The van der Waals surface area contributed by atoms with E-state index >= 15 is 0 Å². The Labute approximate surface area is 256 Å². The molecule has 0 amide bonds. The van der Waals surface area contributed by atoms with Gasteiger partial charge >= 0.3 is 12.8 Å². The maximum atomic E-state index is 15.0. The van der Waals surface area contributed by atoms with Crippen LogP contribution in [0.25, 0.3) is 10.1 Å². The molecule has 1 aromatic heterocycles. The van der Waals surface area contributed by atoms with Crippen molar-refractivity contribution in [1.29, 1.82) is 0 Å². The molecule has 3 aromatic rings. The standard InChI is InChI=1S/C31H34F6N4O2S/c1-38-19-7-9-20(10-8-19)40-24-5-2-4-21-22(18-31(35,36)37)28(44-29(21)24)6-3-11-39-25-16-23(32)26(17-27(25)43-30(33)34)41-12-14-42-15-13-41/h2,4-5,16-17,19-20,30,38-40H,7-15,18H2,1H3. The Morgan fingerprint density at radius 2 is 1.80 bits per heavy atom. The molecule has 2 fully saturated rings. The number of benzene rings is 2. The Kier molecular flexibility index (Phi) is 10.3. The molecule has 5 rings (SSSR count). The van der Waals surface area contributed by atoms with Crippen molar-refractivity contribution in [3.63, 3.8) is 0 Å². The van der Waals surface area contributed by atoms with Crippen molar-refractivity contribution in [2.45, 2.75) is 57.0 Å². The molecule has 2 aromatic carbocycles. The van der Waals surface area contributed by atoms with Crippen LogP contribution in [0.2, 0.25) is 0 Å². The SMILES string of the molecule is CNC1CCC(Nc2cccc3c(CC(F)(F)F)c(C#CCNc4cc(F)c(N5CCOCC5)cc4OC(F)F)sc23)CC1. The summed E-state index contributed by atoms with van der Waals surface area (Å²) in [5.74, 6) is 4.73. The number of thiophene rings is 1. The average Bonchev–Trinajstić information content (AvgIpc) is 3.33. The van der Waals surface area contributed by atoms with Crippen molar-refractivity contribution in [3.8, 4) is 17.6 Å². The molecule has 0 unspecified atom stereocenters. The lowest BCUT2D eigenvalue weighted by molar-refractivity contribution is -0.126. The molecule has 6 nitrogen and oxygen atoms in total. The second-order valence-electron chi connectivity index (χ2n) is 10.8. The fraction of sp³-hybridized carbons (Fsp3) is 0.484. The first kappa shape index (κ1) is 32.1. The Bertz CT molecular complexity index is 1490. The number of hydrogen-bond acceptors (Lipinski definition) is 7. The van der Waals surface area contributed by atoms with Gasteiger partial charge in [-0.2, -0.15) is 22.0 Å². The molecule has 13 heteroatoms. The molecule has 0 bridgehead atoms. The van der Waals surface area contributed by atoms with Gasteiger partial charge in [-0.15, -0.1) is 11.3 Å². The molecule has 1 aliphatic carbocycles. The number of alkyl halides is 5. The van der Waals surface area contributed by atoms with Crippen molar-refractivity contribution in [2.24, 2.45) is 0 Å². The third-order valence-corrected chi connectivity index (χ3v) is 9.07. The van der Waals surface area contributed by atoms with Crippen LogP contribution in [-0.2, 0) is 11.2 Å². The van der Waals surface area contributed by atoms with Crippen LogP contribution in [0.3, 0.4) is 0 Å². The Balaban J connectivity index is 1.38. The van der Waals surface area contributed by atoms with E-state index in [1.807, 2.05) is 13.1 Å². The number of anilines is 3. The number of rotatable bonds is 9. The van der Waals surface area contributed by atoms with Crippen LogP contribution in [0.1, 0.15) is 36.1 Å². The smallest absolute Gasteiger partial charge is 0.393 e. The van der Waals surface area contributed by atoms with Crippen molar-refractivity contribution in [1.82, 2.24) is 5.32 Å². The highest BCUT2D eigenvalue weighted by molar-refractivity contribution is 7.20. The Hall–Kier alpha value is -3.34. The molecule has 1 saturated carbocycles. The topological polar surface area (TPSA) is 57.8 Å². The Morgan fingerprint density at radius 1 is 1.07 bits per heavy atom. The predicted molar refractivity (Wildman–Crippen MR) is 162 cm³/mol. The van der Waals surface area contributed by atoms with Crippen molar-refractivity contribution >= 4 is 38.5 Å². The summed E-state index contributed by atoms with van der Waals surface area (Å²) < 4.78 is 92.9. The minimum absolute atomic E-state index is 0.0413. The minimum Gasteiger partial charge on any atom is -0.433 e. The molecule has 44 heavy (non-hydrogen) atoms. The maximum Gasteiger partial charge on any atom is 0.393 e. The van der Waals surface area contributed by atoms with Crippen LogP contribution in [0.4, 0.5) is 43.4 Å². The minimum atomic E-state index is -4.45. The van der Waals surface area contributed by atoms with Gasteiger partial charge in [0.2, 0.25) is 0 Å². The van der Waals surface area contributed by atoms with E-state index < -0.39 is 25.0 Å². The molecular weight excluding hydrogens is 606 g/mol. The van der Waals surface area contributed by atoms with Gasteiger partial charge in [-0.25, -0.2) is 4.39 Å². The number of nitrogens with zero attached hydrogens (tertiary/aromatic N) is 1. The highest BCUT2D eigenvalue weighted by atomic mass is 32.1. The van der Waals surface area contributed by atoms with Crippen molar-refractivity contribution in [3.05, 3.63) is 46.6 Å². The molecule has 0 radical (unpaired) electrons. The summed E-state index contributed by atoms with van der Waals surface area (Å²) >= 11 is 1.19. The third kappa shape index (κ3) is 8.02. The molecule has 0 atom stereocenters. The van der Waals surface area contributed by atoms with Gasteiger partial charge in [0.25, 0.3) is 0 Å². The fourth-order valence-corrected chi connectivity index (χ4v) is 6.86. The van der Waals surface area contributed by atoms with E-state index in [1.54, 1.807) is 17.0 Å². The van der Waals surface area contributed by atoms with E-state index in [4.69, 9.17) is 4.74 Å². The summed E-state index contributed by atoms with van der Waals surface area (Å²) in [5, 5.41) is 10.1. The van der Waals surface area contributed by atoms with Crippen molar-refractivity contribution < 1.29 is 35.8 Å². The van der Waals surface area contributed by atoms with Gasteiger partial charge in [0.05, 0.1) is 52.8 Å². The lowest BCUT2D eigenvalue weighted by Crippen LogP contribution is -2.36. The first-order valence-corrected chi connectivity index (χ1v) is 15.3. The number of fused-ring (bicyclic) bond motifs is 1. The lowest BCUT2D eigenvalue weighted by atomic mass is 9.91. The van der Waals surface area contributed by atoms with Gasteiger partial charge in [0, 0.05) is 37.3 Å². The summed E-state index contributed by atoms with van der Waals surface area (Å²) in [5.41, 5.74) is 0.942. The number of nitrogens with one attached hydrogen (secondary N) is 3. The van der Waals surface area contributed by atoms with Crippen LogP contribution in [0.15, 0.2) is 30.3 Å². The van der Waals surface area contributed by atoms with E-state index in [9.17, 15) is 26.3 Å². The first-order valence-electron chi connectivity index (χ1n) is 14.5. The number of halogens is 6. The van der Waals surface area contributed by atoms with Crippen LogP contribution in [-0.4, -0.2) is 64.8 Å². The van der Waals surface area contributed by atoms with E-state index in [2.05, 4.69) is 32.5 Å². The average molecular weight is 641 g/mol. The fourth-order valence-electron chi connectivity index (χ4n) is 5.69. The number of ether oxygens (including phenoxy) is 2. The van der Waals surface area contributed by atoms with Gasteiger partial charge in [0.15, 0.2) is 5.75 Å². The van der Waals surface area contributed by atoms with Crippen LogP contribution in [0.5, 0.6) is 5.75 Å². The first-order chi connectivity index (χ1) is 21.1. The summed E-state index contributed by atoms with van der Waals surface area (Å²) in [6.07, 6.45) is -1.65. The highest BCUT2D eigenvalue weighted by Crippen LogP contribution is 2.40. The highest BCUT2D eigenvalue weighted by Gasteiger charge is 2.31. The lowest BCUT2D eigenvalue weighted by Gasteiger charge is -2.29. The molecule has 2 aliphatic rings. The van der Waals surface area contributed by atoms with Gasteiger partial charge < -0.3 is 30.3 Å². The summed E-state index contributed by atoms with van der Waals surface area (Å²) in [6, 6.07) is 8.24. The molecule has 3 N–H and O–H groups in total. The quantitative estimate of drug-likeness (QED) is 0.173. The van der Waals surface area contributed by atoms with Crippen molar-refractivity contribution in [2.75, 3.05) is 55.4 Å². The van der Waals surface area contributed by atoms with Gasteiger partial charge in [-0.1, -0.05) is 24.0 Å². The maximum absolute atomic E-state index is 15.0. The summed E-state index contributed by atoms with van der Waals surface area (Å²) in [4.78, 5) is 1.95. The zero-order chi connectivity index (χ0) is 31.3. The number of hydrogen-bond donors (Lipinski definition) is 3. The molecular formula is C31H34F6N4O2S. The zero-order valence-corrected chi connectivity index (χ0v) is 24.9. The largest absolute Gasteiger partial charge is 0.433 e. The summed E-state index contributed by atoms with van der Waals surface area (Å²) in [7, 11) is 1.95. The monoisotopic (exact) mass is 640 g/mol. The molecule has 1 aliphatic heterocycles. The summed E-state index contributed by atoms with van der Waals surface area (Å²) in [6.45, 7) is -1.74. The van der Waals surface area contributed by atoms with Crippen LogP contribution >= 0.6 is 11.3 Å². The molecule has 1 saturated heterocycles. The van der Waals surface area contributed by atoms with E-state index in [-0.39, 0.29) is 40.2 Å². The zero-order valence-electron chi connectivity index (χ0n) is 24.1. The van der Waals surface area contributed by atoms with E-state index in [0.717, 1.165) is 37.4 Å². The normalized spacial score (nSPS) is 19.1. The second-order valence-corrected chi connectivity index (χ2v) is 11.8. The van der Waals surface area contributed by atoms with Crippen LogP contribution in [0, 0.1) is 17.7 Å². The molecule has 0 spiro atoms. The van der Waals surface area contributed by atoms with E-state index in [1.165, 1.54) is 17.4 Å².